The Hall–Kier alpha value is -3.72. The summed E-state index contributed by atoms with van der Waals surface area (Å²) in [7, 11) is 1.35. The number of thiophene rings is 1. The summed E-state index contributed by atoms with van der Waals surface area (Å²) in [6.45, 7) is 9.47. The lowest BCUT2D eigenvalue weighted by molar-refractivity contribution is -0.141. The van der Waals surface area contributed by atoms with Crippen LogP contribution in [-0.2, 0) is 29.2 Å². The predicted octanol–water partition coefficient (Wildman–Crippen LogP) is 6.11. The van der Waals surface area contributed by atoms with E-state index in [1.807, 2.05) is 32.9 Å². The van der Waals surface area contributed by atoms with Crippen molar-refractivity contribution in [3.8, 4) is 0 Å². The summed E-state index contributed by atoms with van der Waals surface area (Å²) in [4.78, 5) is 30.6. The number of nitrogens with zero attached hydrogens (tertiary/aromatic N) is 1. The number of methoxy groups -OCH3 is 1. The Morgan fingerprint density at radius 2 is 1.41 bits per heavy atom. The first-order valence-corrected chi connectivity index (χ1v) is 16.1. The number of hydrogen-bond acceptors (Lipinski definition) is 8. The highest BCUT2D eigenvalue weighted by Crippen LogP contribution is 2.43. The molecule has 0 saturated carbocycles. The van der Waals surface area contributed by atoms with Crippen LogP contribution in [0.1, 0.15) is 53.5 Å². The van der Waals surface area contributed by atoms with E-state index in [4.69, 9.17) is 14.2 Å². The second-order valence-corrected chi connectivity index (χ2v) is 12.8. The summed E-state index contributed by atoms with van der Waals surface area (Å²) in [5.74, 6) is -1.47. The average molecular weight is 615 g/mol. The van der Waals surface area contributed by atoms with Crippen molar-refractivity contribution >= 4 is 23.3 Å². The first-order valence-electron chi connectivity index (χ1n) is 15.3. The van der Waals surface area contributed by atoms with Gasteiger partial charge in [0.2, 0.25) is 0 Å². The monoisotopic (exact) mass is 614 g/mol. The number of aryl methyl sites for hydroxylation is 1. The van der Waals surface area contributed by atoms with E-state index >= 15 is 0 Å². The number of nitrogens with one attached hydrogen (secondary N) is 1. The van der Waals surface area contributed by atoms with Crippen molar-refractivity contribution in [2.75, 3.05) is 46.6 Å². The number of esters is 2. The number of hydrogen-bond donors (Lipinski definition) is 1. The summed E-state index contributed by atoms with van der Waals surface area (Å²) >= 11 is 1.56. The van der Waals surface area contributed by atoms with Crippen LogP contribution in [0.25, 0.3) is 0 Å². The minimum absolute atomic E-state index is 0.0238. The summed E-state index contributed by atoms with van der Waals surface area (Å²) < 4.78 is 16.7. The van der Waals surface area contributed by atoms with E-state index in [0.29, 0.717) is 35.8 Å². The molecule has 2 aliphatic heterocycles. The first-order chi connectivity index (χ1) is 21.3. The minimum Gasteiger partial charge on any atom is -0.466 e. The van der Waals surface area contributed by atoms with Gasteiger partial charge in [-0.2, -0.15) is 0 Å². The smallest absolute Gasteiger partial charge is 0.336 e. The fourth-order valence-corrected chi connectivity index (χ4v) is 7.52. The fourth-order valence-electron chi connectivity index (χ4n) is 6.52. The lowest BCUT2D eigenvalue weighted by Gasteiger charge is -2.43. The standard InChI is InChI=1S/C36H42N2O5S/c1-25-15-16-30(44-25)33-31(34(39)41-4)26(2)37-27(3)32(33)35(40)43-24-23-42-22-21-38-19-17-36(18-20-38,28-11-7-5-8-12-28)29-13-9-6-10-14-29/h5-16,33,37H,17-24H2,1-4H3. The van der Waals surface area contributed by atoms with E-state index in [-0.39, 0.29) is 12.0 Å². The molecule has 2 aromatic carbocycles. The highest BCUT2D eigenvalue weighted by Gasteiger charge is 2.39. The van der Waals surface area contributed by atoms with Crippen molar-refractivity contribution in [2.45, 2.75) is 44.9 Å². The highest BCUT2D eigenvalue weighted by molar-refractivity contribution is 7.12. The number of carbonyl (C=O) groups is 2. The fraction of sp³-hybridized carbons (Fsp3) is 0.389. The maximum Gasteiger partial charge on any atom is 0.336 e. The number of likely N-dealkylation sites (tertiary alicyclic amines) is 1. The van der Waals surface area contributed by atoms with E-state index in [0.717, 1.165) is 42.2 Å². The number of piperidine rings is 1. The Bertz CT molecular complexity index is 1460. The van der Waals surface area contributed by atoms with Crippen LogP contribution in [0.2, 0.25) is 0 Å². The molecule has 1 N–H and O–H groups in total. The molecule has 0 radical (unpaired) electrons. The van der Waals surface area contributed by atoms with Crippen LogP contribution >= 0.6 is 11.3 Å². The van der Waals surface area contributed by atoms with Crippen molar-refractivity contribution in [2.24, 2.45) is 0 Å². The zero-order valence-corrected chi connectivity index (χ0v) is 26.9. The molecular formula is C36H42N2O5S. The van der Waals surface area contributed by atoms with E-state index < -0.39 is 17.9 Å². The molecule has 0 bridgehead atoms. The molecule has 232 valence electrons. The van der Waals surface area contributed by atoms with Gasteiger partial charge in [-0.15, -0.1) is 11.3 Å². The van der Waals surface area contributed by atoms with Gasteiger partial charge >= 0.3 is 11.9 Å². The second-order valence-electron chi connectivity index (χ2n) is 11.5. The molecule has 1 fully saturated rings. The SMILES string of the molecule is COC(=O)C1=C(C)NC(C)=C(C(=O)OCCOCCN2CCC(c3ccccc3)(c3ccccc3)CC2)C1c1ccc(C)s1. The van der Waals surface area contributed by atoms with Crippen LogP contribution in [0.15, 0.2) is 95.3 Å². The van der Waals surface area contributed by atoms with Crippen LogP contribution in [0, 0.1) is 6.92 Å². The molecule has 0 amide bonds. The zero-order chi connectivity index (χ0) is 31.1. The van der Waals surface area contributed by atoms with Gasteiger partial charge in [0, 0.05) is 33.1 Å². The quantitative estimate of drug-likeness (QED) is 0.206. The largest absolute Gasteiger partial charge is 0.466 e. The Morgan fingerprint density at radius 3 is 1.95 bits per heavy atom. The number of rotatable bonds is 11. The molecule has 1 atom stereocenters. The van der Waals surface area contributed by atoms with E-state index in [2.05, 4.69) is 70.9 Å². The van der Waals surface area contributed by atoms with Crippen LogP contribution in [0.5, 0.6) is 0 Å². The third-order valence-corrected chi connectivity index (χ3v) is 9.87. The minimum atomic E-state index is -0.547. The van der Waals surface area contributed by atoms with Gasteiger partial charge in [-0.25, -0.2) is 9.59 Å². The van der Waals surface area contributed by atoms with Crippen molar-refractivity contribution in [3.63, 3.8) is 0 Å². The number of dihydropyridines is 1. The Kier molecular flexibility index (Phi) is 10.4. The summed E-state index contributed by atoms with van der Waals surface area (Å²) in [6, 6.07) is 25.7. The Morgan fingerprint density at radius 1 is 0.818 bits per heavy atom. The molecule has 2 aliphatic rings. The van der Waals surface area contributed by atoms with Gasteiger partial charge in [0.05, 0.1) is 37.4 Å². The molecule has 7 nitrogen and oxygen atoms in total. The molecule has 3 aromatic rings. The summed E-state index contributed by atoms with van der Waals surface area (Å²) in [5, 5.41) is 3.18. The third-order valence-electron chi connectivity index (χ3n) is 8.81. The molecule has 3 heterocycles. The molecule has 0 spiro atoms. The van der Waals surface area contributed by atoms with Gasteiger partial charge in [0.1, 0.15) is 6.61 Å². The normalized spacial score (nSPS) is 18.6. The average Bonchev–Trinajstić information content (AvgIpc) is 3.48. The van der Waals surface area contributed by atoms with Gasteiger partial charge in [-0.05, 0) is 70.0 Å². The van der Waals surface area contributed by atoms with Crippen molar-refractivity contribution < 1.29 is 23.8 Å². The molecular weight excluding hydrogens is 572 g/mol. The van der Waals surface area contributed by atoms with Crippen molar-refractivity contribution in [3.05, 3.63) is 116 Å². The van der Waals surface area contributed by atoms with Crippen LogP contribution in [0.3, 0.4) is 0 Å². The molecule has 1 unspecified atom stereocenters. The number of benzene rings is 2. The van der Waals surface area contributed by atoms with Gasteiger partial charge < -0.3 is 24.4 Å². The highest BCUT2D eigenvalue weighted by atomic mass is 32.1. The van der Waals surface area contributed by atoms with E-state index in [1.165, 1.54) is 18.2 Å². The van der Waals surface area contributed by atoms with Crippen LogP contribution in [0.4, 0.5) is 0 Å². The maximum absolute atomic E-state index is 13.4. The first kappa shape index (κ1) is 31.7. The maximum atomic E-state index is 13.4. The van der Waals surface area contributed by atoms with E-state index in [1.54, 1.807) is 11.3 Å². The van der Waals surface area contributed by atoms with Crippen molar-refractivity contribution in [1.29, 1.82) is 0 Å². The molecule has 8 heteroatoms. The van der Waals surface area contributed by atoms with Crippen molar-refractivity contribution in [1.82, 2.24) is 10.2 Å². The third kappa shape index (κ3) is 6.83. The predicted molar refractivity (Wildman–Crippen MR) is 173 cm³/mol. The second kappa shape index (κ2) is 14.4. The molecule has 1 aromatic heterocycles. The van der Waals surface area contributed by atoms with Gasteiger partial charge in [-0.1, -0.05) is 60.7 Å². The molecule has 44 heavy (non-hydrogen) atoms. The Balaban J connectivity index is 1.12. The molecule has 0 aliphatic carbocycles. The molecule has 1 saturated heterocycles. The topological polar surface area (TPSA) is 77.1 Å². The Labute approximate surface area is 264 Å². The number of allylic oxidation sites excluding steroid dienone is 2. The van der Waals surface area contributed by atoms with Gasteiger partial charge in [-0.3, -0.25) is 0 Å². The van der Waals surface area contributed by atoms with Gasteiger partial charge in [0.15, 0.2) is 0 Å². The van der Waals surface area contributed by atoms with Crippen LogP contribution in [-0.4, -0.2) is 63.4 Å². The molecule has 5 rings (SSSR count). The number of carbonyl (C=O) groups excluding carboxylic acids is 2. The number of ether oxygens (including phenoxy) is 3. The zero-order valence-electron chi connectivity index (χ0n) is 26.1. The lowest BCUT2D eigenvalue weighted by Crippen LogP contribution is -2.44. The van der Waals surface area contributed by atoms with Crippen LogP contribution < -0.4 is 5.32 Å². The summed E-state index contributed by atoms with van der Waals surface area (Å²) in [5.41, 5.74) is 4.97. The lowest BCUT2D eigenvalue weighted by atomic mass is 9.68. The van der Waals surface area contributed by atoms with Gasteiger partial charge in [0.25, 0.3) is 0 Å². The van der Waals surface area contributed by atoms with E-state index in [9.17, 15) is 9.59 Å². The summed E-state index contributed by atoms with van der Waals surface area (Å²) in [6.07, 6.45) is 2.10.